The molecule has 136 valence electrons. The molecule has 0 atom stereocenters. The second-order valence-electron chi connectivity index (χ2n) is 5.55. The largest absolute Gasteiger partial charge is 0.497 e. The minimum Gasteiger partial charge on any atom is -0.497 e. The number of methoxy groups -OCH3 is 1. The molecular formula is C18H13BrN4O3S. The zero-order valence-electron chi connectivity index (χ0n) is 14.1. The van der Waals surface area contributed by atoms with E-state index in [2.05, 4.69) is 31.1 Å². The maximum Gasteiger partial charge on any atom is 0.277 e. The van der Waals surface area contributed by atoms with E-state index in [4.69, 9.17) is 9.15 Å². The lowest BCUT2D eigenvalue weighted by atomic mass is 10.2. The van der Waals surface area contributed by atoms with Crippen molar-refractivity contribution in [3.8, 4) is 17.2 Å². The Morgan fingerprint density at radius 3 is 2.78 bits per heavy atom. The second-order valence-corrected chi connectivity index (χ2v) is 7.39. The van der Waals surface area contributed by atoms with Gasteiger partial charge >= 0.3 is 0 Å². The fraction of sp³-hybridized carbons (Fsp3) is 0.111. The first-order chi connectivity index (χ1) is 13.1. The summed E-state index contributed by atoms with van der Waals surface area (Å²) in [5, 5.41) is 8.52. The Labute approximate surface area is 166 Å². The third-order valence-electron chi connectivity index (χ3n) is 3.76. The van der Waals surface area contributed by atoms with Crippen LogP contribution < -0.4 is 10.3 Å². The highest BCUT2D eigenvalue weighted by molar-refractivity contribution is 9.10. The van der Waals surface area contributed by atoms with E-state index in [1.54, 1.807) is 19.4 Å². The van der Waals surface area contributed by atoms with Gasteiger partial charge in [-0.3, -0.25) is 9.20 Å². The summed E-state index contributed by atoms with van der Waals surface area (Å²) in [6.45, 7) is 0. The predicted octanol–water partition coefficient (Wildman–Crippen LogP) is 3.81. The van der Waals surface area contributed by atoms with Crippen LogP contribution in [0.25, 0.3) is 17.1 Å². The molecule has 0 bridgehead atoms. The van der Waals surface area contributed by atoms with Crippen molar-refractivity contribution in [2.24, 2.45) is 0 Å². The maximum atomic E-state index is 12.2. The van der Waals surface area contributed by atoms with Crippen molar-refractivity contribution in [1.29, 1.82) is 0 Å². The Morgan fingerprint density at radius 1 is 1.19 bits per heavy atom. The maximum absolute atomic E-state index is 12.2. The molecule has 0 saturated carbocycles. The van der Waals surface area contributed by atoms with E-state index in [0.717, 1.165) is 15.8 Å². The molecule has 3 heterocycles. The SMILES string of the molecule is COc1ccc(-c2nnc(SCc3cc(=O)n4cc(Br)ccc4n3)o2)cc1. The van der Waals surface area contributed by atoms with Gasteiger partial charge in [-0.2, -0.15) is 0 Å². The molecule has 0 aliphatic heterocycles. The number of hydrogen-bond donors (Lipinski definition) is 0. The number of hydrogen-bond acceptors (Lipinski definition) is 7. The Hall–Kier alpha value is -2.65. The number of halogens is 1. The Kier molecular flexibility index (Phi) is 4.95. The van der Waals surface area contributed by atoms with E-state index in [-0.39, 0.29) is 5.56 Å². The lowest BCUT2D eigenvalue weighted by Gasteiger charge is -2.03. The molecule has 0 unspecified atom stereocenters. The van der Waals surface area contributed by atoms with Gasteiger partial charge in [0.25, 0.3) is 10.8 Å². The molecule has 1 aromatic carbocycles. The van der Waals surface area contributed by atoms with Gasteiger partial charge in [0, 0.05) is 28.1 Å². The van der Waals surface area contributed by atoms with Gasteiger partial charge in [-0.25, -0.2) is 4.98 Å². The summed E-state index contributed by atoms with van der Waals surface area (Å²) in [6, 6.07) is 12.5. The zero-order chi connectivity index (χ0) is 18.8. The highest BCUT2D eigenvalue weighted by atomic mass is 79.9. The molecule has 4 aromatic rings. The number of benzene rings is 1. The molecule has 4 rings (SSSR count). The van der Waals surface area contributed by atoms with E-state index in [1.165, 1.54) is 22.2 Å². The minimum atomic E-state index is -0.138. The number of ether oxygens (including phenoxy) is 1. The highest BCUT2D eigenvalue weighted by Gasteiger charge is 2.11. The van der Waals surface area contributed by atoms with Crippen LogP contribution in [0.2, 0.25) is 0 Å². The zero-order valence-corrected chi connectivity index (χ0v) is 16.5. The van der Waals surface area contributed by atoms with Crippen LogP contribution in [0.4, 0.5) is 0 Å². The number of pyridine rings is 1. The van der Waals surface area contributed by atoms with Gasteiger partial charge in [0.2, 0.25) is 5.89 Å². The van der Waals surface area contributed by atoms with Gasteiger partial charge in [0.15, 0.2) is 0 Å². The van der Waals surface area contributed by atoms with E-state index < -0.39 is 0 Å². The number of aromatic nitrogens is 4. The highest BCUT2D eigenvalue weighted by Crippen LogP contribution is 2.26. The molecule has 0 saturated heterocycles. The van der Waals surface area contributed by atoms with Gasteiger partial charge < -0.3 is 9.15 Å². The van der Waals surface area contributed by atoms with Crippen LogP contribution in [0, 0.1) is 0 Å². The summed E-state index contributed by atoms with van der Waals surface area (Å²) in [5.74, 6) is 1.64. The molecule has 9 heteroatoms. The number of nitrogens with zero attached hydrogens (tertiary/aromatic N) is 4. The van der Waals surface area contributed by atoms with E-state index in [1.807, 2.05) is 30.3 Å². The molecule has 0 fully saturated rings. The standard InChI is InChI=1S/C18H13BrN4O3S/c1-25-14-5-2-11(3-6-14)17-21-22-18(26-17)27-10-13-8-16(24)23-9-12(19)4-7-15(23)20-13/h2-9H,10H2,1H3. The number of rotatable bonds is 5. The molecule has 0 radical (unpaired) electrons. The lowest BCUT2D eigenvalue weighted by Crippen LogP contribution is -2.15. The van der Waals surface area contributed by atoms with Crippen LogP contribution in [0.3, 0.4) is 0 Å². The molecule has 0 amide bonds. The average molecular weight is 445 g/mol. The van der Waals surface area contributed by atoms with Crippen LogP contribution in [-0.4, -0.2) is 26.7 Å². The quantitative estimate of drug-likeness (QED) is 0.432. The summed E-state index contributed by atoms with van der Waals surface area (Å²) in [7, 11) is 1.61. The first-order valence-corrected chi connectivity index (χ1v) is 9.69. The van der Waals surface area contributed by atoms with Gasteiger partial charge in [-0.15, -0.1) is 10.2 Å². The molecule has 0 spiro atoms. The summed E-state index contributed by atoms with van der Waals surface area (Å²) in [4.78, 5) is 16.7. The van der Waals surface area contributed by atoms with Crippen molar-refractivity contribution in [2.75, 3.05) is 7.11 Å². The first kappa shape index (κ1) is 17.7. The average Bonchev–Trinajstić information content (AvgIpc) is 3.16. The van der Waals surface area contributed by atoms with Crippen molar-refractivity contribution < 1.29 is 9.15 Å². The Bertz CT molecular complexity index is 1160. The molecule has 7 nitrogen and oxygen atoms in total. The third kappa shape index (κ3) is 3.88. The van der Waals surface area contributed by atoms with Gasteiger partial charge in [0.05, 0.1) is 12.8 Å². The first-order valence-electron chi connectivity index (χ1n) is 7.91. The van der Waals surface area contributed by atoms with E-state index >= 15 is 0 Å². The summed E-state index contributed by atoms with van der Waals surface area (Å²) < 4.78 is 13.1. The normalized spacial score (nSPS) is 11.0. The van der Waals surface area contributed by atoms with Crippen LogP contribution in [0.5, 0.6) is 5.75 Å². The van der Waals surface area contributed by atoms with Gasteiger partial charge in [-0.1, -0.05) is 11.8 Å². The summed E-state index contributed by atoms with van der Waals surface area (Å²) in [6.07, 6.45) is 1.70. The van der Waals surface area contributed by atoms with E-state index in [9.17, 15) is 4.79 Å². The summed E-state index contributed by atoms with van der Waals surface area (Å²) in [5.41, 5.74) is 1.91. The molecule has 0 aliphatic carbocycles. The van der Waals surface area contributed by atoms with Crippen molar-refractivity contribution in [3.05, 3.63) is 69.2 Å². The predicted molar refractivity (Wildman–Crippen MR) is 105 cm³/mol. The number of fused-ring (bicyclic) bond motifs is 1. The summed E-state index contributed by atoms with van der Waals surface area (Å²) >= 11 is 4.68. The topological polar surface area (TPSA) is 82.5 Å². The molecule has 3 aromatic heterocycles. The van der Waals surface area contributed by atoms with Crippen molar-refractivity contribution in [2.45, 2.75) is 11.0 Å². The van der Waals surface area contributed by atoms with Crippen molar-refractivity contribution in [1.82, 2.24) is 19.6 Å². The monoisotopic (exact) mass is 444 g/mol. The smallest absolute Gasteiger partial charge is 0.277 e. The van der Waals surface area contributed by atoms with Crippen LogP contribution in [0.1, 0.15) is 5.69 Å². The molecule has 0 N–H and O–H groups in total. The van der Waals surface area contributed by atoms with Crippen LogP contribution in [0.15, 0.2) is 67.6 Å². The Morgan fingerprint density at radius 2 is 2.00 bits per heavy atom. The Balaban J connectivity index is 1.50. The fourth-order valence-corrected chi connectivity index (χ4v) is 3.45. The van der Waals surface area contributed by atoms with E-state index in [0.29, 0.717) is 28.2 Å². The minimum absolute atomic E-state index is 0.138. The third-order valence-corrected chi connectivity index (χ3v) is 5.08. The van der Waals surface area contributed by atoms with Gasteiger partial charge in [-0.05, 0) is 52.3 Å². The van der Waals surface area contributed by atoms with Gasteiger partial charge in [0.1, 0.15) is 11.4 Å². The van der Waals surface area contributed by atoms with Crippen LogP contribution >= 0.6 is 27.7 Å². The lowest BCUT2D eigenvalue weighted by molar-refractivity contribution is 0.414. The van der Waals surface area contributed by atoms with Crippen molar-refractivity contribution >= 4 is 33.3 Å². The molecular weight excluding hydrogens is 432 g/mol. The fourth-order valence-electron chi connectivity index (χ4n) is 2.45. The number of thioether (sulfide) groups is 1. The van der Waals surface area contributed by atoms with Crippen LogP contribution in [-0.2, 0) is 5.75 Å². The second kappa shape index (κ2) is 7.53. The molecule has 27 heavy (non-hydrogen) atoms. The van der Waals surface area contributed by atoms with Crippen molar-refractivity contribution in [3.63, 3.8) is 0 Å². The molecule has 0 aliphatic rings.